The number of benzene rings is 4. The molecule has 1 aromatic heterocycles. The first-order valence-corrected chi connectivity index (χ1v) is 14.0. The number of aliphatic hydroxyl groups is 1. The first-order valence-electron chi connectivity index (χ1n) is 14.0. The van der Waals surface area contributed by atoms with Gasteiger partial charge in [-0.15, -0.1) is 0 Å². The lowest BCUT2D eigenvalue weighted by Gasteiger charge is -2.39. The summed E-state index contributed by atoms with van der Waals surface area (Å²) in [5.74, 6) is -0.00208. The fourth-order valence-electron chi connectivity index (χ4n) is 5.93. The lowest BCUT2D eigenvalue weighted by molar-refractivity contribution is 0.00821. The van der Waals surface area contributed by atoms with Crippen molar-refractivity contribution in [1.29, 1.82) is 0 Å². The number of hydrogen-bond acceptors (Lipinski definition) is 6. The van der Waals surface area contributed by atoms with Crippen molar-refractivity contribution < 1.29 is 15.1 Å². The topological polar surface area (TPSA) is 78.2 Å². The van der Waals surface area contributed by atoms with Gasteiger partial charge in [0, 0.05) is 16.9 Å². The highest BCUT2D eigenvalue weighted by Gasteiger charge is 2.42. The van der Waals surface area contributed by atoms with Crippen molar-refractivity contribution in [3.8, 4) is 5.88 Å². The van der Waals surface area contributed by atoms with Crippen LogP contribution in [-0.2, 0) is 5.60 Å². The predicted molar refractivity (Wildman–Crippen MR) is 166 cm³/mol. The summed E-state index contributed by atoms with van der Waals surface area (Å²) in [6, 6.07) is 32.3. The zero-order chi connectivity index (χ0) is 28.8. The van der Waals surface area contributed by atoms with Gasteiger partial charge >= 0.3 is 0 Å². The van der Waals surface area contributed by atoms with Crippen LogP contribution in [0, 0.1) is 0 Å². The summed E-state index contributed by atoms with van der Waals surface area (Å²) in [4.78, 5) is 7.06. The molecule has 6 nitrogen and oxygen atoms in total. The van der Waals surface area contributed by atoms with Gasteiger partial charge in [-0.1, -0.05) is 84.0 Å². The first-order chi connectivity index (χ1) is 19.9. The third kappa shape index (κ3) is 5.94. The lowest BCUT2D eigenvalue weighted by Crippen LogP contribution is -2.35. The molecule has 0 radical (unpaired) electrons. The molecule has 41 heavy (non-hydrogen) atoms. The molecule has 0 spiro atoms. The molecule has 0 aliphatic rings. The summed E-state index contributed by atoms with van der Waals surface area (Å²) in [5.41, 5.74) is 2.89. The van der Waals surface area contributed by atoms with Crippen LogP contribution in [0.25, 0.3) is 21.7 Å². The smallest absolute Gasteiger partial charge is 0.217 e. The van der Waals surface area contributed by atoms with Crippen LogP contribution in [0.4, 0.5) is 0 Å². The number of hydrogen-bond donors (Lipinski definition) is 2. The van der Waals surface area contributed by atoms with Gasteiger partial charge in [-0.25, -0.2) is 4.98 Å². The second-order valence-electron chi connectivity index (χ2n) is 10.8. The van der Waals surface area contributed by atoms with Crippen molar-refractivity contribution in [2.24, 2.45) is 5.16 Å². The molecular formula is C35H37N3O3. The van der Waals surface area contributed by atoms with E-state index in [1.165, 1.54) is 6.21 Å². The number of unbranched alkanes of at least 4 members (excludes halogenated alkanes) is 1. The number of oxime groups is 1. The molecule has 6 heteroatoms. The summed E-state index contributed by atoms with van der Waals surface area (Å²) in [5, 5.41) is 28.5. The Morgan fingerprint density at radius 1 is 0.902 bits per heavy atom. The number of methoxy groups -OCH3 is 1. The number of aromatic nitrogens is 1. The Bertz CT molecular complexity index is 1650. The Morgan fingerprint density at radius 2 is 1.66 bits per heavy atom. The maximum atomic E-state index is 13.2. The maximum absolute atomic E-state index is 13.2. The molecule has 0 aliphatic heterocycles. The number of ether oxygens (including phenoxy) is 1. The highest BCUT2D eigenvalue weighted by atomic mass is 16.5. The van der Waals surface area contributed by atoms with Crippen molar-refractivity contribution in [3.63, 3.8) is 0 Å². The van der Waals surface area contributed by atoms with Crippen molar-refractivity contribution in [1.82, 2.24) is 9.88 Å². The van der Waals surface area contributed by atoms with E-state index in [9.17, 15) is 5.11 Å². The van der Waals surface area contributed by atoms with Crippen LogP contribution in [-0.4, -0.2) is 54.2 Å². The number of nitrogens with zero attached hydrogens (tertiary/aromatic N) is 3. The zero-order valence-corrected chi connectivity index (χ0v) is 23.9. The maximum Gasteiger partial charge on any atom is 0.217 e. The van der Waals surface area contributed by atoms with Crippen molar-refractivity contribution in [2.75, 3.05) is 27.7 Å². The van der Waals surface area contributed by atoms with E-state index in [0.717, 1.165) is 63.3 Å². The molecule has 2 unspecified atom stereocenters. The Morgan fingerprint density at radius 3 is 2.41 bits per heavy atom. The third-order valence-electron chi connectivity index (χ3n) is 7.82. The summed E-state index contributed by atoms with van der Waals surface area (Å²) >= 11 is 0. The van der Waals surface area contributed by atoms with Gasteiger partial charge in [0.25, 0.3) is 0 Å². The van der Waals surface area contributed by atoms with E-state index < -0.39 is 11.5 Å². The molecule has 5 aromatic rings. The molecule has 2 N–H and O–H groups in total. The van der Waals surface area contributed by atoms with Crippen molar-refractivity contribution in [3.05, 3.63) is 119 Å². The number of fused-ring (bicyclic) bond motifs is 2. The van der Waals surface area contributed by atoms with Crippen LogP contribution < -0.4 is 4.74 Å². The van der Waals surface area contributed by atoms with E-state index in [4.69, 9.17) is 14.9 Å². The van der Waals surface area contributed by atoms with E-state index in [1.54, 1.807) is 7.11 Å². The van der Waals surface area contributed by atoms with Crippen LogP contribution in [0.2, 0.25) is 0 Å². The summed E-state index contributed by atoms with van der Waals surface area (Å²) < 4.78 is 5.91. The summed E-state index contributed by atoms with van der Waals surface area (Å²) in [6.45, 7) is 0.942. The van der Waals surface area contributed by atoms with Crippen molar-refractivity contribution in [2.45, 2.75) is 30.8 Å². The average molecular weight is 548 g/mol. The van der Waals surface area contributed by atoms with Gasteiger partial charge < -0.3 is 20.0 Å². The molecule has 0 saturated heterocycles. The van der Waals surface area contributed by atoms with E-state index in [0.29, 0.717) is 12.3 Å². The Balaban J connectivity index is 1.78. The van der Waals surface area contributed by atoms with E-state index in [-0.39, 0.29) is 0 Å². The normalized spacial score (nSPS) is 14.1. The molecule has 0 amide bonds. The minimum atomic E-state index is -1.28. The fourth-order valence-corrected chi connectivity index (χ4v) is 5.93. The third-order valence-corrected chi connectivity index (χ3v) is 7.82. The van der Waals surface area contributed by atoms with E-state index in [1.807, 2.05) is 54.6 Å². The van der Waals surface area contributed by atoms with Gasteiger partial charge in [-0.05, 0) is 85.6 Å². The SMILES string of the molecule is COc1nc2ccc(/C=N/O)cc2cc1C(c1ccccc1)C(O)(CCCCN(C)C)c1cccc2ccccc12. The quantitative estimate of drug-likeness (QED) is 0.0809. The minimum Gasteiger partial charge on any atom is -0.481 e. The zero-order valence-electron chi connectivity index (χ0n) is 23.9. The second-order valence-corrected chi connectivity index (χ2v) is 10.8. The summed E-state index contributed by atoms with van der Waals surface area (Å²) in [7, 11) is 5.77. The molecule has 0 aliphatic carbocycles. The Kier molecular flexibility index (Phi) is 8.62. The van der Waals surface area contributed by atoms with E-state index in [2.05, 4.69) is 66.6 Å². The van der Waals surface area contributed by atoms with Crippen LogP contribution in [0.15, 0.2) is 102 Å². The van der Waals surface area contributed by atoms with Gasteiger partial charge in [0.2, 0.25) is 5.88 Å². The van der Waals surface area contributed by atoms with Crippen LogP contribution in [0.5, 0.6) is 5.88 Å². The van der Waals surface area contributed by atoms with Gasteiger partial charge in [-0.2, -0.15) is 0 Å². The molecule has 210 valence electrons. The summed E-state index contributed by atoms with van der Waals surface area (Å²) in [6.07, 6.45) is 3.74. The molecule has 1 heterocycles. The molecule has 5 rings (SSSR count). The number of pyridine rings is 1. The monoisotopic (exact) mass is 547 g/mol. The molecular weight excluding hydrogens is 510 g/mol. The first kappa shape index (κ1) is 28.3. The molecule has 0 bridgehead atoms. The van der Waals surface area contributed by atoms with Crippen molar-refractivity contribution >= 4 is 27.9 Å². The standard InChI is InChI=1S/C35H37N3O3/c1-38(2)21-10-9-20-35(39,31-17-11-15-26-12-7-8-16-29(26)31)33(27-13-5-4-6-14-27)30-23-28-22-25(24-36-40)18-19-32(28)37-34(30)41-3/h4-8,11-19,22-24,33,39-40H,9-10,20-21H2,1-3H3/b36-24+. The molecule has 2 atom stereocenters. The highest BCUT2D eigenvalue weighted by Crippen LogP contribution is 2.49. The molecule has 0 fully saturated rings. The average Bonchev–Trinajstić information content (AvgIpc) is 2.99. The lowest BCUT2D eigenvalue weighted by atomic mass is 9.70. The van der Waals surface area contributed by atoms with Crippen LogP contribution >= 0.6 is 0 Å². The Labute approximate surface area is 241 Å². The van der Waals surface area contributed by atoms with Gasteiger partial charge in [0.15, 0.2) is 0 Å². The molecule has 4 aromatic carbocycles. The minimum absolute atomic E-state index is 0.474. The predicted octanol–water partition coefficient (Wildman–Crippen LogP) is 6.96. The van der Waals surface area contributed by atoms with Gasteiger partial charge in [0.1, 0.15) is 5.60 Å². The molecule has 0 saturated carbocycles. The van der Waals surface area contributed by atoms with Crippen LogP contribution in [0.1, 0.15) is 47.4 Å². The Hall–Kier alpha value is -4.26. The highest BCUT2D eigenvalue weighted by molar-refractivity contribution is 5.90. The van der Waals surface area contributed by atoms with Gasteiger partial charge in [-0.3, -0.25) is 0 Å². The van der Waals surface area contributed by atoms with Crippen LogP contribution in [0.3, 0.4) is 0 Å². The second kappa shape index (κ2) is 12.5. The number of rotatable bonds is 11. The van der Waals surface area contributed by atoms with E-state index >= 15 is 0 Å². The fraction of sp³-hybridized carbons (Fsp3) is 0.257. The largest absolute Gasteiger partial charge is 0.481 e. The van der Waals surface area contributed by atoms with Gasteiger partial charge in [0.05, 0.1) is 18.8 Å².